The summed E-state index contributed by atoms with van der Waals surface area (Å²) in [6.45, 7) is 4.69. The zero-order valence-electron chi connectivity index (χ0n) is 19.3. The number of aromatic nitrogens is 4. The van der Waals surface area contributed by atoms with E-state index in [2.05, 4.69) is 25.9 Å². The lowest BCUT2D eigenvalue weighted by molar-refractivity contribution is 0.248. The summed E-state index contributed by atoms with van der Waals surface area (Å²) in [5, 5.41) is 17.3. The molecule has 0 saturated carbocycles. The summed E-state index contributed by atoms with van der Waals surface area (Å²) in [6, 6.07) is 12.2. The summed E-state index contributed by atoms with van der Waals surface area (Å²) in [6.07, 6.45) is 3.42. The number of aromatic amines is 1. The maximum absolute atomic E-state index is 14.0. The van der Waals surface area contributed by atoms with Crippen LogP contribution in [0.15, 0.2) is 60.9 Å². The fourth-order valence-corrected chi connectivity index (χ4v) is 4.52. The van der Waals surface area contributed by atoms with Crippen molar-refractivity contribution >= 4 is 17.5 Å². The molecule has 2 amide bonds. The van der Waals surface area contributed by atoms with Crippen molar-refractivity contribution in [2.75, 3.05) is 23.3 Å². The Hall–Kier alpha value is -4.21. The van der Waals surface area contributed by atoms with Crippen LogP contribution in [0.4, 0.5) is 25.1 Å². The largest absolute Gasteiger partial charge is 0.366 e. The van der Waals surface area contributed by atoms with Gasteiger partial charge in [-0.1, -0.05) is 18.2 Å². The lowest BCUT2D eigenvalue weighted by Crippen LogP contribution is -2.42. The van der Waals surface area contributed by atoms with Gasteiger partial charge < -0.3 is 10.2 Å². The Labute approximate surface area is 201 Å². The van der Waals surface area contributed by atoms with Crippen molar-refractivity contribution in [1.82, 2.24) is 25.3 Å². The summed E-state index contributed by atoms with van der Waals surface area (Å²) < 4.78 is 29.7. The average molecular weight is 478 g/mol. The van der Waals surface area contributed by atoms with Gasteiger partial charge >= 0.3 is 6.03 Å². The second-order valence-electron chi connectivity index (χ2n) is 8.68. The van der Waals surface area contributed by atoms with Crippen molar-refractivity contribution in [3.8, 4) is 5.69 Å². The molecule has 0 spiro atoms. The molecule has 4 aromatic rings. The molecule has 0 aliphatic carbocycles. The van der Waals surface area contributed by atoms with Crippen LogP contribution in [0.25, 0.3) is 5.69 Å². The fourth-order valence-electron chi connectivity index (χ4n) is 4.52. The Morgan fingerprint density at radius 1 is 1.06 bits per heavy atom. The molecule has 1 aliphatic heterocycles. The molecule has 0 unspecified atom stereocenters. The van der Waals surface area contributed by atoms with Gasteiger partial charge in [-0.25, -0.2) is 18.3 Å². The maximum atomic E-state index is 14.0. The molecular weight excluding hydrogens is 452 g/mol. The van der Waals surface area contributed by atoms with Crippen LogP contribution in [0.1, 0.15) is 22.7 Å². The van der Waals surface area contributed by atoms with Crippen LogP contribution >= 0.6 is 0 Å². The van der Waals surface area contributed by atoms with Crippen molar-refractivity contribution in [1.29, 1.82) is 0 Å². The predicted molar refractivity (Wildman–Crippen MR) is 129 cm³/mol. The maximum Gasteiger partial charge on any atom is 0.320 e. The molecule has 2 aromatic carbocycles. The minimum Gasteiger partial charge on any atom is -0.366 e. The van der Waals surface area contributed by atoms with Gasteiger partial charge in [-0.2, -0.15) is 10.2 Å². The number of carbonyl (C=O) groups is 1. The molecule has 10 heteroatoms. The van der Waals surface area contributed by atoms with E-state index < -0.39 is 23.7 Å². The summed E-state index contributed by atoms with van der Waals surface area (Å²) in [5.74, 6) is -1.07. The molecular formula is C25H25F2N7O. The van der Waals surface area contributed by atoms with E-state index in [0.717, 1.165) is 28.7 Å². The zero-order chi connectivity index (χ0) is 24.5. The summed E-state index contributed by atoms with van der Waals surface area (Å²) in [5.41, 5.74) is 3.79. The number of anilines is 2. The van der Waals surface area contributed by atoms with E-state index in [1.807, 2.05) is 49.1 Å². The van der Waals surface area contributed by atoms with Crippen LogP contribution < -0.4 is 15.5 Å². The molecule has 8 nitrogen and oxygen atoms in total. The molecule has 1 aliphatic rings. The Morgan fingerprint density at radius 3 is 2.49 bits per heavy atom. The highest BCUT2D eigenvalue weighted by Gasteiger charge is 2.36. The number of halogens is 2. The Balaban J connectivity index is 1.40. The highest BCUT2D eigenvalue weighted by atomic mass is 19.1. The number of rotatable bonds is 5. The third-order valence-corrected chi connectivity index (χ3v) is 6.39. The molecule has 3 N–H and O–H groups in total. The molecule has 0 bridgehead atoms. The quantitative estimate of drug-likeness (QED) is 0.400. The Kier molecular flexibility index (Phi) is 5.94. The third kappa shape index (κ3) is 4.59. The van der Waals surface area contributed by atoms with Gasteiger partial charge in [0.05, 0.1) is 29.3 Å². The SMILES string of the molecule is Cc1nn(-c2ccccc2)c(NC(=O)N[C@@H]2CN(c3cn[nH]c3)C[C@H]2c2cc(F)cc(F)c2)c1C. The standard InChI is InChI=1S/C25H25F2N7O/c1-15-16(2)32-34(20-6-4-3-5-7-20)24(15)31-25(35)30-23-14-33(21-11-28-29-12-21)13-22(23)17-8-18(26)10-19(27)9-17/h3-12,22-23H,13-14H2,1-2H3,(H,28,29)(H2,30,31,35)/t22-,23+/m0/s1. The Morgan fingerprint density at radius 2 is 1.80 bits per heavy atom. The van der Waals surface area contributed by atoms with Crippen LogP contribution in [-0.2, 0) is 0 Å². The van der Waals surface area contributed by atoms with Crippen molar-refractivity contribution in [2.45, 2.75) is 25.8 Å². The molecule has 3 heterocycles. The van der Waals surface area contributed by atoms with Gasteiger partial charge in [-0.05, 0) is 43.7 Å². The second kappa shape index (κ2) is 9.21. The number of nitrogens with zero attached hydrogens (tertiary/aromatic N) is 4. The molecule has 1 saturated heterocycles. The molecule has 5 rings (SSSR count). The van der Waals surface area contributed by atoms with Crippen LogP contribution in [0, 0.1) is 25.5 Å². The van der Waals surface area contributed by atoms with Crippen molar-refractivity contribution < 1.29 is 13.6 Å². The molecule has 0 radical (unpaired) electrons. The lowest BCUT2D eigenvalue weighted by atomic mass is 9.94. The van der Waals surface area contributed by atoms with Crippen LogP contribution in [0.2, 0.25) is 0 Å². The Bertz CT molecular complexity index is 1320. The van der Waals surface area contributed by atoms with Gasteiger partial charge in [0, 0.05) is 36.8 Å². The number of H-pyrrole nitrogens is 1. The summed E-state index contributed by atoms with van der Waals surface area (Å²) in [7, 11) is 0. The third-order valence-electron chi connectivity index (χ3n) is 6.39. The van der Waals surface area contributed by atoms with E-state index in [0.29, 0.717) is 24.5 Å². The normalized spacial score (nSPS) is 17.5. The van der Waals surface area contributed by atoms with E-state index >= 15 is 0 Å². The molecule has 1 fully saturated rings. The predicted octanol–water partition coefficient (Wildman–Crippen LogP) is 4.28. The first-order valence-electron chi connectivity index (χ1n) is 11.3. The van der Waals surface area contributed by atoms with E-state index in [1.165, 1.54) is 12.1 Å². The van der Waals surface area contributed by atoms with Gasteiger partial charge in [-0.15, -0.1) is 0 Å². The highest BCUT2D eigenvalue weighted by Crippen LogP contribution is 2.32. The number of urea groups is 1. The molecule has 180 valence electrons. The van der Waals surface area contributed by atoms with Crippen LogP contribution in [0.5, 0.6) is 0 Å². The molecule has 2 atom stereocenters. The van der Waals surface area contributed by atoms with Crippen molar-refractivity contribution in [3.05, 3.63) is 89.4 Å². The lowest BCUT2D eigenvalue weighted by Gasteiger charge is -2.21. The smallest absolute Gasteiger partial charge is 0.320 e. The topological polar surface area (TPSA) is 90.9 Å². The van der Waals surface area contributed by atoms with Gasteiger partial charge in [0.15, 0.2) is 0 Å². The number of hydrogen-bond acceptors (Lipinski definition) is 4. The van der Waals surface area contributed by atoms with E-state index in [4.69, 9.17) is 0 Å². The van der Waals surface area contributed by atoms with E-state index in [9.17, 15) is 13.6 Å². The van der Waals surface area contributed by atoms with Gasteiger partial charge in [-0.3, -0.25) is 10.4 Å². The zero-order valence-corrected chi connectivity index (χ0v) is 19.3. The first kappa shape index (κ1) is 22.6. The first-order chi connectivity index (χ1) is 16.9. The molecule has 2 aromatic heterocycles. The van der Waals surface area contributed by atoms with Gasteiger partial charge in [0.25, 0.3) is 0 Å². The van der Waals surface area contributed by atoms with E-state index in [1.54, 1.807) is 17.1 Å². The number of para-hydroxylation sites is 1. The number of nitrogens with one attached hydrogen (secondary N) is 3. The number of amides is 2. The summed E-state index contributed by atoms with van der Waals surface area (Å²) in [4.78, 5) is 15.2. The van der Waals surface area contributed by atoms with Gasteiger partial charge in [0.1, 0.15) is 17.5 Å². The fraction of sp³-hybridized carbons (Fsp3) is 0.240. The number of benzene rings is 2. The van der Waals surface area contributed by atoms with Crippen molar-refractivity contribution in [2.24, 2.45) is 0 Å². The average Bonchev–Trinajstić information content (AvgIpc) is 3.56. The van der Waals surface area contributed by atoms with Gasteiger partial charge in [0.2, 0.25) is 0 Å². The summed E-state index contributed by atoms with van der Waals surface area (Å²) >= 11 is 0. The van der Waals surface area contributed by atoms with Crippen molar-refractivity contribution in [3.63, 3.8) is 0 Å². The van der Waals surface area contributed by atoms with E-state index in [-0.39, 0.29) is 5.92 Å². The second-order valence-corrected chi connectivity index (χ2v) is 8.68. The highest BCUT2D eigenvalue weighted by molar-refractivity contribution is 5.90. The number of hydrogen-bond donors (Lipinski definition) is 3. The minimum absolute atomic E-state index is 0.331. The minimum atomic E-state index is -0.650. The van der Waals surface area contributed by atoms with Crippen LogP contribution in [0.3, 0.4) is 0 Å². The van der Waals surface area contributed by atoms with Crippen LogP contribution in [-0.4, -0.2) is 45.1 Å². The number of aryl methyl sites for hydroxylation is 1. The monoisotopic (exact) mass is 477 g/mol. The molecule has 35 heavy (non-hydrogen) atoms. The number of carbonyl (C=O) groups excluding carboxylic acids is 1. The first-order valence-corrected chi connectivity index (χ1v) is 11.3.